The van der Waals surface area contributed by atoms with E-state index in [1.807, 2.05) is 18.5 Å². The van der Waals surface area contributed by atoms with Gasteiger partial charge in [-0.25, -0.2) is 14.6 Å². The van der Waals surface area contributed by atoms with Crippen LogP contribution in [0.1, 0.15) is 33.6 Å². The number of fused-ring (bicyclic) bond motifs is 1. The maximum atomic E-state index is 4.55. The first kappa shape index (κ1) is 15.9. The molecule has 0 amide bonds. The van der Waals surface area contributed by atoms with Crippen LogP contribution in [0.3, 0.4) is 0 Å². The fourth-order valence-electron chi connectivity index (χ4n) is 2.71. The highest BCUT2D eigenvalue weighted by atomic mass is 32.1. The van der Waals surface area contributed by atoms with E-state index in [1.54, 1.807) is 18.4 Å². The molecule has 2 aromatic rings. The lowest BCUT2D eigenvalue weighted by Gasteiger charge is -2.25. The number of aromatic nitrogens is 4. The lowest BCUT2D eigenvalue weighted by Crippen LogP contribution is -2.46. The minimum atomic E-state index is 0.314. The molecule has 2 N–H and O–H groups in total. The number of thiazole rings is 1. The molecule has 0 spiro atoms. The first-order chi connectivity index (χ1) is 11.0. The number of rotatable bonds is 3. The van der Waals surface area contributed by atoms with E-state index in [1.165, 1.54) is 4.88 Å². The highest BCUT2D eigenvalue weighted by Crippen LogP contribution is 2.16. The minimum Gasteiger partial charge on any atom is -0.352 e. The summed E-state index contributed by atoms with van der Waals surface area (Å²) in [7, 11) is 1.79. The van der Waals surface area contributed by atoms with E-state index >= 15 is 0 Å². The second-order valence-corrected chi connectivity index (χ2v) is 7.10. The van der Waals surface area contributed by atoms with Crippen LogP contribution in [-0.4, -0.2) is 38.8 Å². The first-order valence-electron chi connectivity index (χ1n) is 7.85. The van der Waals surface area contributed by atoms with Crippen molar-refractivity contribution in [3.05, 3.63) is 27.2 Å². The number of nitrogens with one attached hydrogen (secondary N) is 2. The van der Waals surface area contributed by atoms with Gasteiger partial charge in [-0.1, -0.05) is 0 Å². The third kappa shape index (κ3) is 3.69. The van der Waals surface area contributed by atoms with Crippen molar-refractivity contribution in [1.29, 1.82) is 0 Å². The summed E-state index contributed by atoms with van der Waals surface area (Å²) >= 11 is 1.73. The quantitative estimate of drug-likeness (QED) is 0.654. The maximum Gasteiger partial charge on any atom is 0.191 e. The molecule has 0 aromatic carbocycles. The fourth-order valence-corrected chi connectivity index (χ4v) is 3.59. The average Bonchev–Trinajstić information content (AvgIpc) is 3.04. The van der Waals surface area contributed by atoms with Gasteiger partial charge in [0.25, 0.3) is 0 Å². The molecular weight excluding hydrogens is 310 g/mol. The van der Waals surface area contributed by atoms with E-state index < -0.39 is 0 Å². The zero-order valence-electron chi connectivity index (χ0n) is 14.1. The van der Waals surface area contributed by atoms with Gasteiger partial charge in [-0.15, -0.1) is 11.3 Å². The van der Waals surface area contributed by atoms with Gasteiger partial charge in [0.1, 0.15) is 16.7 Å². The Labute approximate surface area is 140 Å². The van der Waals surface area contributed by atoms with Gasteiger partial charge in [0.05, 0.1) is 18.8 Å². The zero-order valence-corrected chi connectivity index (χ0v) is 14.9. The summed E-state index contributed by atoms with van der Waals surface area (Å²) in [6.07, 6.45) is 1.98. The van der Waals surface area contributed by atoms with E-state index in [0.29, 0.717) is 12.6 Å². The van der Waals surface area contributed by atoms with Crippen molar-refractivity contribution in [2.24, 2.45) is 4.99 Å². The highest BCUT2D eigenvalue weighted by Gasteiger charge is 2.21. The maximum absolute atomic E-state index is 4.55. The van der Waals surface area contributed by atoms with Crippen LogP contribution >= 0.6 is 11.3 Å². The van der Waals surface area contributed by atoms with Gasteiger partial charge in [-0.2, -0.15) is 5.10 Å². The van der Waals surface area contributed by atoms with Crippen molar-refractivity contribution >= 4 is 17.3 Å². The number of aryl methyl sites for hydroxylation is 4. The Morgan fingerprint density at radius 2 is 2.17 bits per heavy atom. The molecule has 2 aromatic heterocycles. The molecule has 0 fully saturated rings. The molecule has 0 radical (unpaired) electrons. The number of aliphatic imine (C=N–C) groups is 1. The molecule has 1 atom stereocenters. The van der Waals surface area contributed by atoms with Gasteiger partial charge < -0.3 is 10.6 Å². The second kappa shape index (κ2) is 6.66. The molecule has 0 bridgehead atoms. The van der Waals surface area contributed by atoms with Crippen LogP contribution in [0.25, 0.3) is 0 Å². The van der Waals surface area contributed by atoms with Gasteiger partial charge >= 0.3 is 0 Å². The molecule has 0 saturated heterocycles. The van der Waals surface area contributed by atoms with E-state index in [9.17, 15) is 0 Å². The average molecular weight is 333 g/mol. The summed E-state index contributed by atoms with van der Waals surface area (Å²) in [4.78, 5) is 14.6. The van der Waals surface area contributed by atoms with Gasteiger partial charge in [0.2, 0.25) is 0 Å². The van der Waals surface area contributed by atoms with Crippen LogP contribution in [0.5, 0.6) is 0 Å². The van der Waals surface area contributed by atoms with Crippen molar-refractivity contribution in [2.75, 3.05) is 7.05 Å². The van der Waals surface area contributed by atoms with Gasteiger partial charge in [0, 0.05) is 24.4 Å². The standard InChI is InChI=1S/C15H23N7S/c1-9-10(2)23-14(18-9)7-17-15(16-4)20-12-5-6-13-19-11(3)21-22(13)8-12/h12H,5-8H2,1-4H3,(H2,16,17,20). The molecule has 0 saturated carbocycles. The van der Waals surface area contributed by atoms with E-state index in [-0.39, 0.29) is 0 Å². The Morgan fingerprint density at radius 1 is 1.35 bits per heavy atom. The van der Waals surface area contributed by atoms with E-state index in [0.717, 1.165) is 47.7 Å². The van der Waals surface area contributed by atoms with Gasteiger partial charge in [-0.3, -0.25) is 4.99 Å². The van der Waals surface area contributed by atoms with Crippen molar-refractivity contribution < 1.29 is 0 Å². The summed E-state index contributed by atoms with van der Waals surface area (Å²) in [5.41, 5.74) is 1.11. The van der Waals surface area contributed by atoms with Crippen molar-refractivity contribution in [2.45, 2.75) is 52.7 Å². The highest BCUT2D eigenvalue weighted by molar-refractivity contribution is 7.11. The van der Waals surface area contributed by atoms with Crippen LogP contribution in [0.2, 0.25) is 0 Å². The van der Waals surface area contributed by atoms with Gasteiger partial charge in [-0.05, 0) is 27.2 Å². The monoisotopic (exact) mass is 333 g/mol. The van der Waals surface area contributed by atoms with Gasteiger partial charge in [0.15, 0.2) is 5.96 Å². The van der Waals surface area contributed by atoms with Crippen LogP contribution in [-0.2, 0) is 19.5 Å². The topological polar surface area (TPSA) is 80.0 Å². The predicted octanol–water partition coefficient (Wildman–Crippen LogP) is 1.34. The van der Waals surface area contributed by atoms with Crippen LogP contribution in [0.15, 0.2) is 4.99 Å². The van der Waals surface area contributed by atoms with Crippen molar-refractivity contribution in [3.8, 4) is 0 Å². The summed E-state index contributed by atoms with van der Waals surface area (Å²) in [5.74, 6) is 2.73. The Hall–Kier alpha value is -1.96. The van der Waals surface area contributed by atoms with Crippen LogP contribution in [0, 0.1) is 20.8 Å². The SMILES string of the molecule is CN=C(NCc1nc(C)c(C)s1)NC1CCc2nc(C)nn2C1. The molecular formula is C15H23N7S. The summed E-state index contributed by atoms with van der Waals surface area (Å²) in [6, 6.07) is 0.314. The molecule has 0 aliphatic carbocycles. The van der Waals surface area contributed by atoms with Crippen molar-refractivity contribution in [3.63, 3.8) is 0 Å². The Balaban J connectivity index is 1.56. The predicted molar refractivity (Wildman–Crippen MR) is 91.8 cm³/mol. The molecule has 8 heteroatoms. The smallest absolute Gasteiger partial charge is 0.191 e. The summed E-state index contributed by atoms with van der Waals surface area (Å²) in [5, 5.41) is 12.3. The second-order valence-electron chi connectivity index (χ2n) is 5.81. The third-order valence-electron chi connectivity index (χ3n) is 4.01. The minimum absolute atomic E-state index is 0.314. The summed E-state index contributed by atoms with van der Waals surface area (Å²) < 4.78 is 2.00. The first-order valence-corrected chi connectivity index (χ1v) is 8.67. The molecule has 3 rings (SSSR count). The molecule has 1 aliphatic heterocycles. The Kier molecular flexibility index (Phi) is 4.61. The lowest BCUT2D eigenvalue weighted by molar-refractivity contribution is 0.392. The number of hydrogen-bond donors (Lipinski definition) is 2. The molecule has 1 aliphatic rings. The number of nitrogens with zero attached hydrogens (tertiary/aromatic N) is 5. The largest absolute Gasteiger partial charge is 0.352 e. The Morgan fingerprint density at radius 3 is 2.87 bits per heavy atom. The molecule has 7 nitrogen and oxygen atoms in total. The number of guanidine groups is 1. The molecule has 3 heterocycles. The van der Waals surface area contributed by atoms with Crippen LogP contribution in [0.4, 0.5) is 0 Å². The van der Waals surface area contributed by atoms with Crippen molar-refractivity contribution in [1.82, 2.24) is 30.4 Å². The molecule has 23 heavy (non-hydrogen) atoms. The summed E-state index contributed by atoms with van der Waals surface area (Å²) in [6.45, 7) is 7.60. The Bertz CT molecular complexity index is 696. The van der Waals surface area contributed by atoms with E-state index in [2.05, 4.69) is 37.6 Å². The fraction of sp³-hybridized carbons (Fsp3) is 0.600. The number of hydrogen-bond acceptors (Lipinski definition) is 5. The van der Waals surface area contributed by atoms with Crippen LogP contribution < -0.4 is 10.6 Å². The van der Waals surface area contributed by atoms with E-state index in [4.69, 9.17) is 0 Å². The molecule has 124 valence electrons. The third-order valence-corrected chi connectivity index (χ3v) is 5.08. The lowest BCUT2D eigenvalue weighted by atomic mass is 10.1. The molecule has 1 unspecified atom stereocenters. The normalized spacial score (nSPS) is 17.9. The zero-order chi connectivity index (χ0) is 16.4.